The Morgan fingerprint density at radius 2 is 1.40 bits per heavy atom. The Kier molecular flexibility index (Phi) is 7.86. The number of anilines is 5. The molecule has 4 heterocycles. The zero-order chi connectivity index (χ0) is 31.6. The van der Waals surface area contributed by atoms with Crippen LogP contribution in [0.3, 0.4) is 0 Å². The van der Waals surface area contributed by atoms with Crippen molar-refractivity contribution in [1.29, 1.82) is 0 Å². The van der Waals surface area contributed by atoms with Crippen molar-refractivity contribution >= 4 is 40.9 Å². The molecule has 3 aliphatic rings. The van der Waals surface area contributed by atoms with E-state index in [0.717, 1.165) is 17.1 Å². The third-order valence-electron chi connectivity index (χ3n) is 9.75. The maximum atomic E-state index is 4.57. The van der Waals surface area contributed by atoms with E-state index in [1.165, 1.54) is 50.5 Å². The van der Waals surface area contributed by atoms with E-state index in [1.807, 2.05) is 30.5 Å². The molecule has 0 saturated carbocycles. The number of hydrogen-bond acceptors (Lipinski definition) is 4. The first-order chi connectivity index (χ1) is 22.4. The quantitative estimate of drug-likeness (QED) is 0.131. The molecule has 0 spiro atoms. The molecular weight excluding hydrogens is 754 g/mol. The standard InChI is InChI=1S/C22H18N2.C18H17BN3.Ir/c1-22(2)17-11-6-7-13-19(17)24-15-23(16-9-4-3-5-10-16)20-14-8-12-18(22)21(20)24;1-13-7-6-8-14(2)17(13)19-21(3)16-10-5-4-9-15(16)18-20-11-12-22(18)19;/h3-9,11-15H,1-2H3;4-8,10-12H,1-3H3;/q-2;-1;+3. The van der Waals surface area contributed by atoms with Gasteiger partial charge in [-0.1, -0.05) is 84.8 Å². The molecule has 0 unspecified atom stereocenters. The second-order valence-corrected chi connectivity index (χ2v) is 12.8. The second kappa shape index (κ2) is 11.9. The molecule has 9 rings (SSSR count). The number of imidazole rings is 1. The van der Waals surface area contributed by atoms with Gasteiger partial charge in [0.25, 0.3) is 0 Å². The van der Waals surface area contributed by atoms with Crippen molar-refractivity contribution in [1.82, 2.24) is 9.46 Å². The largest absolute Gasteiger partial charge is 3.00 e. The fraction of sp³-hybridized carbons (Fsp3) is 0.150. The van der Waals surface area contributed by atoms with Gasteiger partial charge in [-0.05, 0) is 49.6 Å². The Hall–Kier alpha value is -4.58. The third kappa shape index (κ3) is 4.83. The van der Waals surface area contributed by atoms with Gasteiger partial charge in [0, 0.05) is 40.7 Å². The van der Waals surface area contributed by atoms with Crippen LogP contribution in [0.5, 0.6) is 0 Å². The maximum absolute atomic E-state index is 4.57. The van der Waals surface area contributed by atoms with E-state index in [-0.39, 0.29) is 32.5 Å². The summed E-state index contributed by atoms with van der Waals surface area (Å²) in [6.45, 7) is 11.3. The van der Waals surface area contributed by atoms with E-state index in [9.17, 15) is 0 Å². The van der Waals surface area contributed by atoms with Crippen LogP contribution < -0.4 is 20.1 Å². The van der Waals surface area contributed by atoms with Crippen molar-refractivity contribution in [3.8, 4) is 11.4 Å². The van der Waals surface area contributed by atoms with E-state index in [0.29, 0.717) is 0 Å². The van der Waals surface area contributed by atoms with Gasteiger partial charge in [-0.25, -0.2) is 0 Å². The Morgan fingerprint density at radius 3 is 2.19 bits per heavy atom. The first-order valence-corrected chi connectivity index (χ1v) is 15.8. The van der Waals surface area contributed by atoms with Crippen LogP contribution in [0.4, 0.5) is 28.4 Å². The van der Waals surface area contributed by atoms with E-state index in [4.69, 9.17) is 0 Å². The summed E-state index contributed by atoms with van der Waals surface area (Å²) in [6.07, 6.45) is 3.94. The summed E-state index contributed by atoms with van der Waals surface area (Å²) in [5.41, 5.74) is 13.8. The van der Waals surface area contributed by atoms with Gasteiger partial charge in [-0.3, -0.25) is 4.98 Å². The molecule has 0 fully saturated rings. The van der Waals surface area contributed by atoms with Gasteiger partial charge in [0.05, 0.1) is 0 Å². The zero-order valence-electron chi connectivity index (χ0n) is 27.2. The van der Waals surface area contributed by atoms with E-state index >= 15 is 0 Å². The average Bonchev–Trinajstić information content (AvgIpc) is 3.72. The van der Waals surface area contributed by atoms with Crippen molar-refractivity contribution < 1.29 is 20.1 Å². The number of fused-ring (bicyclic) bond motifs is 5. The fourth-order valence-corrected chi connectivity index (χ4v) is 7.48. The summed E-state index contributed by atoms with van der Waals surface area (Å²) in [7, 11) is 2.14. The van der Waals surface area contributed by atoms with Gasteiger partial charge in [0.1, 0.15) is 0 Å². The van der Waals surface area contributed by atoms with Gasteiger partial charge in [0.2, 0.25) is 0 Å². The smallest absolute Gasteiger partial charge is 0.493 e. The Balaban J connectivity index is 0.000000147. The fourth-order valence-electron chi connectivity index (χ4n) is 7.48. The zero-order valence-corrected chi connectivity index (χ0v) is 29.6. The average molecular weight is 789 g/mol. The minimum Gasteiger partial charge on any atom is -0.493 e. The molecule has 232 valence electrons. The molecule has 0 atom stereocenters. The summed E-state index contributed by atoms with van der Waals surface area (Å²) < 4.78 is 2.24. The minimum absolute atomic E-state index is 0. The molecule has 6 aromatic rings. The first-order valence-electron chi connectivity index (χ1n) is 15.8. The molecule has 5 nitrogen and oxygen atoms in total. The van der Waals surface area contributed by atoms with Crippen molar-refractivity contribution in [2.75, 3.05) is 21.7 Å². The molecule has 0 bridgehead atoms. The summed E-state index contributed by atoms with van der Waals surface area (Å²) in [5.74, 6) is 0.987. The molecule has 0 saturated heterocycles. The van der Waals surface area contributed by atoms with Crippen molar-refractivity contribution in [2.45, 2.75) is 33.1 Å². The summed E-state index contributed by atoms with van der Waals surface area (Å²) in [6, 6.07) is 42.8. The molecule has 0 radical (unpaired) electrons. The van der Waals surface area contributed by atoms with Gasteiger partial charge in [0.15, 0.2) is 0 Å². The molecule has 1 aromatic heterocycles. The van der Waals surface area contributed by atoms with Crippen LogP contribution in [-0.2, 0) is 25.5 Å². The van der Waals surface area contributed by atoms with Gasteiger partial charge >= 0.3 is 27.1 Å². The Bertz CT molecular complexity index is 2070. The van der Waals surface area contributed by atoms with Crippen molar-refractivity contribution in [3.05, 3.63) is 157 Å². The number of nitrogens with zero attached hydrogens (tertiary/aromatic N) is 5. The van der Waals surface area contributed by atoms with Crippen LogP contribution in [0, 0.1) is 32.6 Å². The Morgan fingerprint density at radius 1 is 0.723 bits per heavy atom. The predicted molar refractivity (Wildman–Crippen MR) is 190 cm³/mol. The minimum atomic E-state index is -0.0112. The molecule has 0 N–H and O–H groups in total. The predicted octanol–water partition coefficient (Wildman–Crippen LogP) is 8.19. The molecule has 0 aliphatic carbocycles. The Labute approximate surface area is 292 Å². The van der Waals surface area contributed by atoms with Crippen LogP contribution in [0.2, 0.25) is 0 Å². The van der Waals surface area contributed by atoms with Gasteiger partial charge in [-0.15, -0.1) is 36.6 Å². The summed E-state index contributed by atoms with van der Waals surface area (Å²) in [5, 5.41) is 0. The SMILES string of the molecule is CC1(C)c2ccccc2N2[CH-]N(c3[c-]cccc3)c3cccc1c32.Cc1cccc(C)c1B1N(C)c2ccc[c-]c2-c2nccn21.[Ir+3]. The molecule has 7 heteroatoms. The monoisotopic (exact) mass is 789 g/mol. The van der Waals surface area contributed by atoms with Crippen LogP contribution in [0.25, 0.3) is 11.4 Å². The van der Waals surface area contributed by atoms with Gasteiger partial charge < -0.3 is 19.1 Å². The van der Waals surface area contributed by atoms with E-state index < -0.39 is 0 Å². The maximum Gasteiger partial charge on any atom is 3.00 e. The van der Waals surface area contributed by atoms with E-state index in [2.05, 4.69) is 163 Å². The number of rotatable bonds is 2. The van der Waals surface area contributed by atoms with Crippen LogP contribution in [0.15, 0.2) is 116 Å². The van der Waals surface area contributed by atoms with E-state index in [1.54, 1.807) is 0 Å². The normalized spacial score (nSPS) is 14.7. The third-order valence-corrected chi connectivity index (χ3v) is 9.75. The van der Waals surface area contributed by atoms with Crippen molar-refractivity contribution in [3.63, 3.8) is 0 Å². The molecular formula is C40H35BIrN5. The number of para-hydroxylation sites is 3. The van der Waals surface area contributed by atoms with Crippen LogP contribution in [0.1, 0.15) is 36.1 Å². The van der Waals surface area contributed by atoms with Crippen LogP contribution in [-0.4, -0.2) is 23.5 Å². The molecule has 47 heavy (non-hydrogen) atoms. The topological polar surface area (TPSA) is 27.5 Å². The molecule has 3 aliphatic heterocycles. The van der Waals surface area contributed by atoms with Gasteiger partial charge in [-0.2, -0.15) is 30.3 Å². The molecule has 5 aromatic carbocycles. The second-order valence-electron chi connectivity index (χ2n) is 12.8. The van der Waals surface area contributed by atoms with Crippen LogP contribution >= 0.6 is 0 Å². The molecule has 0 amide bonds. The number of aryl methyl sites for hydroxylation is 2. The summed E-state index contributed by atoms with van der Waals surface area (Å²) >= 11 is 0. The number of benzene rings is 5. The first kappa shape index (κ1) is 31.0. The van der Waals surface area contributed by atoms with Crippen molar-refractivity contribution in [2.24, 2.45) is 0 Å². The summed E-state index contributed by atoms with van der Waals surface area (Å²) in [4.78, 5) is 11.4. The number of hydrogen-bond donors (Lipinski definition) is 0. The number of aromatic nitrogens is 2.